The van der Waals surface area contributed by atoms with E-state index in [0.29, 0.717) is 6.04 Å². The molecule has 0 radical (unpaired) electrons. The van der Waals surface area contributed by atoms with Crippen LogP contribution in [0.25, 0.3) is 0 Å². The van der Waals surface area contributed by atoms with Gasteiger partial charge in [-0.3, -0.25) is 0 Å². The smallest absolute Gasteiger partial charge is 0.0473 e. The molecular weight excluding hydrogens is 256 g/mol. The molecule has 1 aromatic carbocycles. The van der Waals surface area contributed by atoms with Crippen molar-refractivity contribution in [3.8, 4) is 0 Å². The Bertz CT molecular complexity index is 597. The van der Waals surface area contributed by atoms with Crippen LogP contribution in [0.4, 0.5) is 0 Å². The number of fused-ring (bicyclic) bond motifs is 1. The maximum Gasteiger partial charge on any atom is 0.0473 e. The van der Waals surface area contributed by atoms with Gasteiger partial charge in [-0.05, 0) is 68.0 Å². The third kappa shape index (κ3) is 3.21. The number of aryl methyl sites for hydroxylation is 2. The van der Waals surface area contributed by atoms with Crippen LogP contribution in [0, 0.1) is 0 Å². The van der Waals surface area contributed by atoms with E-state index in [1.807, 2.05) is 0 Å². The van der Waals surface area contributed by atoms with Gasteiger partial charge in [0.25, 0.3) is 0 Å². The highest BCUT2D eigenvalue weighted by atomic mass is 15.0. The van der Waals surface area contributed by atoms with Crippen LogP contribution in [0.2, 0.25) is 0 Å². The van der Waals surface area contributed by atoms with Crippen molar-refractivity contribution in [2.45, 2.75) is 52.1 Å². The lowest BCUT2D eigenvalue weighted by atomic mass is 10.1. The largest absolute Gasteiger partial charge is 0.346 e. The summed E-state index contributed by atoms with van der Waals surface area (Å²) < 4.78 is 2.38. The van der Waals surface area contributed by atoms with E-state index in [-0.39, 0.29) is 0 Å². The van der Waals surface area contributed by atoms with Crippen molar-refractivity contribution in [2.24, 2.45) is 0 Å². The molecule has 0 spiro atoms. The molecule has 0 fully saturated rings. The topological polar surface area (TPSA) is 17.0 Å². The van der Waals surface area contributed by atoms with Crippen LogP contribution in [0.3, 0.4) is 0 Å². The minimum Gasteiger partial charge on any atom is -0.346 e. The molecule has 21 heavy (non-hydrogen) atoms. The van der Waals surface area contributed by atoms with Crippen molar-refractivity contribution in [1.82, 2.24) is 9.88 Å². The maximum absolute atomic E-state index is 3.58. The summed E-state index contributed by atoms with van der Waals surface area (Å²) in [5.74, 6) is 0. The van der Waals surface area contributed by atoms with Crippen molar-refractivity contribution >= 4 is 0 Å². The van der Waals surface area contributed by atoms with Crippen LogP contribution in [0.1, 0.15) is 55.1 Å². The Balaban J connectivity index is 1.75. The minimum absolute atomic E-state index is 0.411. The summed E-state index contributed by atoms with van der Waals surface area (Å²) in [7, 11) is 0. The average molecular weight is 282 g/mol. The molecule has 0 aliphatic heterocycles. The van der Waals surface area contributed by atoms with Gasteiger partial charge in [0, 0.05) is 24.5 Å². The first-order chi connectivity index (χ1) is 10.3. The van der Waals surface area contributed by atoms with E-state index in [1.165, 1.54) is 36.9 Å². The Morgan fingerprint density at radius 2 is 2.05 bits per heavy atom. The Hall–Kier alpha value is -1.54. The molecule has 2 aromatic rings. The fraction of sp³-hybridized carbons (Fsp3) is 0.474. The second kappa shape index (κ2) is 6.48. The number of hydrogen-bond acceptors (Lipinski definition) is 1. The van der Waals surface area contributed by atoms with Gasteiger partial charge in [0.05, 0.1) is 0 Å². The van der Waals surface area contributed by atoms with Crippen molar-refractivity contribution < 1.29 is 0 Å². The molecule has 1 aromatic heterocycles. The van der Waals surface area contributed by atoms with Gasteiger partial charge in [-0.25, -0.2) is 0 Å². The molecule has 3 rings (SSSR count). The summed E-state index contributed by atoms with van der Waals surface area (Å²) in [5.41, 5.74) is 5.93. The van der Waals surface area contributed by atoms with Crippen LogP contribution >= 0.6 is 0 Å². The molecule has 1 unspecified atom stereocenters. The van der Waals surface area contributed by atoms with Crippen molar-refractivity contribution in [3.63, 3.8) is 0 Å². The molecule has 1 N–H and O–H groups in total. The summed E-state index contributed by atoms with van der Waals surface area (Å²) in [6, 6.07) is 11.9. The number of hydrogen-bond donors (Lipinski definition) is 1. The molecule has 2 nitrogen and oxygen atoms in total. The highest BCUT2D eigenvalue weighted by Gasteiger charge is 2.13. The third-order valence-electron chi connectivity index (χ3n) is 4.52. The lowest BCUT2D eigenvalue weighted by Crippen LogP contribution is -2.22. The van der Waals surface area contributed by atoms with E-state index >= 15 is 0 Å². The predicted octanol–water partition coefficient (Wildman–Crippen LogP) is 4.09. The van der Waals surface area contributed by atoms with Gasteiger partial charge in [-0.1, -0.05) is 25.1 Å². The Labute approximate surface area is 128 Å². The highest BCUT2D eigenvalue weighted by molar-refractivity contribution is 5.35. The van der Waals surface area contributed by atoms with Gasteiger partial charge in [0.15, 0.2) is 0 Å². The van der Waals surface area contributed by atoms with Gasteiger partial charge in [0.2, 0.25) is 0 Å². The minimum atomic E-state index is 0.411. The zero-order valence-electron chi connectivity index (χ0n) is 13.2. The second-order valence-corrected chi connectivity index (χ2v) is 6.19. The molecule has 0 saturated carbocycles. The van der Waals surface area contributed by atoms with Gasteiger partial charge in [-0.15, -0.1) is 0 Å². The normalized spacial score (nSPS) is 15.1. The first kappa shape index (κ1) is 14.4. The number of rotatable bonds is 6. The first-order valence-electron chi connectivity index (χ1n) is 8.27. The average Bonchev–Trinajstić information content (AvgIpc) is 3.13. The van der Waals surface area contributed by atoms with Crippen LogP contribution in [0.15, 0.2) is 36.5 Å². The SMILES string of the molecule is CCCNC(C)c1cccn1Cc1ccc2c(c1)CCC2. The molecule has 1 aliphatic carbocycles. The van der Waals surface area contributed by atoms with Crippen molar-refractivity contribution in [3.05, 3.63) is 58.9 Å². The molecule has 1 heterocycles. The summed E-state index contributed by atoms with van der Waals surface area (Å²) in [5, 5.41) is 3.58. The molecular formula is C19H26N2. The van der Waals surface area contributed by atoms with Gasteiger partial charge in [-0.2, -0.15) is 0 Å². The van der Waals surface area contributed by atoms with E-state index in [1.54, 1.807) is 11.1 Å². The zero-order valence-corrected chi connectivity index (χ0v) is 13.2. The standard InChI is InChI=1S/C19H26N2/c1-3-11-20-15(2)19-8-5-12-21(19)14-16-9-10-17-6-4-7-18(17)13-16/h5,8-10,12-13,15,20H,3-4,6-7,11,14H2,1-2H3. The lowest BCUT2D eigenvalue weighted by molar-refractivity contribution is 0.534. The zero-order chi connectivity index (χ0) is 14.7. The molecule has 0 saturated heterocycles. The number of benzene rings is 1. The Morgan fingerprint density at radius 1 is 1.19 bits per heavy atom. The molecule has 0 bridgehead atoms. The predicted molar refractivity (Wildman–Crippen MR) is 88.7 cm³/mol. The van der Waals surface area contributed by atoms with E-state index in [0.717, 1.165) is 13.1 Å². The second-order valence-electron chi connectivity index (χ2n) is 6.19. The van der Waals surface area contributed by atoms with Crippen LogP contribution in [0.5, 0.6) is 0 Å². The van der Waals surface area contributed by atoms with Crippen molar-refractivity contribution in [1.29, 1.82) is 0 Å². The summed E-state index contributed by atoms with van der Waals surface area (Å²) in [6.07, 6.45) is 7.23. The van der Waals surface area contributed by atoms with Gasteiger partial charge >= 0.3 is 0 Å². The van der Waals surface area contributed by atoms with Crippen LogP contribution < -0.4 is 5.32 Å². The fourth-order valence-electron chi connectivity index (χ4n) is 3.35. The van der Waals surface area contributed by atoms with E-state index in [4.69, 9.17) is 0 Å². The van der Waals surface area contributed by atoms with Gasteiger partial charge < -0.3 is 9.88 Å². The van der Waals surface area contributed by atoms with E-state index in [9.17, 15) is 0 Å². The highest BCUT2D eigenvalue weighted by Crippen LogP contribution is 2.24. The number of aromatic nitrogens is 1. The molecule has 2 heteroatoms. The first-order valence-corrected chi connectivity index (χ1v) is 8.27. The summed E-state index contributed by atoms with van der Waals surface area (Å²) in [6.45, 7) is 6.52. The Kier molecular flexibility index (Phi) is 4.45. The van der Waals surface area contributed by atoms with E-state index < -0.39 is 0 Å². The van der Waals surface area contributed by atoms with Crippen LogP contribution in [-0.4, -0.2) is 11.1 Å². The third-order valence-corrected chi connectivity index (χ3v) is 4.52. The number of nitrogens with one attached hydrogen (secondary N) is 1. The molecule has 1 aliphatic rings. The number of nitrogens with zero attached hydrogens (tertiary/aromatic N) is 1. The summed E-state index contributed by atoms with van der Waals surface area (Å²) in [4.78, 5) is 0. The summed E-state index contributed by atoms with van der Waals surface area (Å²) >= 11 is 0. The maximum atomic E-state index is 3.58. The Morgan fingerprint density at radius 3 is 2.90 bits per heavy atom. The van der Waals surface area contributed by atoms with Crippen molar-refractivity contribution in [2.75, 3.05) is 6.54 Å². The monoisotopic (exact) mass is 282 g/mol. The molecule has 1 atom stereocenters. The van der Waals surface area contributed by atoms with Crippen LogP contribution in [-0.2, 0) is 19.4 Å². The molecule has 112 valence electrons. The lowest BCUT2D eigenvalue weighted by Gasteiger charge is -2.17. The van der Waals surface area contributed by atoms with E-state index in [2.05, 4.69) is 60.3 Å². The fourth-order valence-corrected chi connectivity index (χ4v) is 3.35. The van der Waals surface area contributed by atoms with Gasteiger partial charge in [0.1, 0.15) is 0 Å². The quantitative estimate of drug-likeness (QED) is 0.844. The molecule has 0 amide bonds.